The molecule has 0 saturated carbocycles. The highest BCUT2D eigenvalue weighted by atomic mass is 35.5. The lowest BCUT2D eigenvalue weighted by atomic mass is 10.0. The van der Waals surface area contributed by atoms with Gasteiger partial charge in [0, 0.05) is 30.2 Å². The van der Waals surface area contributed by atoms with Crippen molar-refractivity contribution < 1.29 is 8.42 Å². The summed E-state index contributed by atoms with van der Waals surface area (Å²) in [5, 5.41) is 4.47. The van der Waals surface area contributed by atoms with Gasteiger partial charge in [-0.05, 0) is 17.7 Å². The van der Waals surface area contributed by atoms with Crippen LogP contribution in [0, 0.1) is 0 Å². The van der Waals surface area contributed by atoms with Gasteiger partial charge in [-0.15, -0.1) is 0 Å². The summed E-state index contributed by atoms with van der Waals surface area (Å²) in [4.78, 5) is 0. The topological polar surface area (TPSA) is 75.8 Å². The summed E-state index contributed by atoms with van der Waals surface area (Å²) in [6, 6.07) is 14.3. The Morgan fingerprint density at radius 3 is 1.96 bits per heavy atom. The van der Waals surface area contributed by atoms with Gasteiger partial charge in [0.05, 0.1) is 11.5 Å². The lowest BCUT2D eigenvalue weighted by molar-refractivity contribution is 0.520. The molecule has 0 unspecified atom stereocenters. The van der Waals surface area contributed by atoms with Gasteiger partial charge in [0.15, 0.2) is 0 Å². The minimum absolute atomic E-state index is 0.0453. The molecule has 0 aliphatic carbocycles. The summed E-state index contributed by atoms with van der Waals surface area (Å²) in [5.41, 5.74) is 2.96. The quantitative estimate of drug-likeness (QED) is 0.510. The predicted molar refractivity (Wildman–Crippen MR) is 94.0 cm³/mol. The molecule has 0 spiro atoms. The highest BCUT2D eigenvalue weighted by Crippen LogP contribution is 2.16. The molecule has 7 heteroatoms. The van der Waals surface area contributed by atoms with E-state index >= 15 is 0 Å². The van der Waals surface area contributed by atoms with Gasteiger partial charge < -0.3 is 5.84 Å². The molecule has 122 valence electrons. The summed E-state index contributed by atoms with van der Waals surface area (Å²) >= 11 is 5.88. The zero-order chi connectivity index (χ0) is 17.0. The Morgan fingerprint density at radius 2 is 1.52 bits per heavy atom. The van der Waals surface area contributed by atoms with Gasteiger partial charge in [-0.3, -0.25) is 0 Å². The van der Waals surface area contributed by atoms with Gasteiger partial charge in [0.25, 0.3) is 0 Å². The molecule has 0 heterocycles. The number of rotatable bonds is 5. The van der Waals surface area contributed by atoms with E-state index in [9.17, 15) is 8.42 Å². The third kappa shape index (κ3) is 4.31. The van der Waals surface area contributed by atoms with E-state index < -0.39 is 10.0 Å². The normalized spacial score (nSPS) is 12.6. The number of hydrogen-bond acceptors (Lipinski definition) is 4. The molecule has 0 bridgehead atoms. The van der Waals surface area contributed by atoms with E-state index in [0.29, 0.717) is 16.3 Å². The van der Waals surface area contributed by atoms with Gasteiger partial charge in [-0.25, -0.2) is 12.7 Å². The highest BCUT2D eigenvalue weighted by molar-refractivity contribution is 7.88. The van der Waals surface area contributed by atoms with Crippen molar-refractivity contribution in [1.29, 1.82) is 0 Å². The highest BCUT2D eigenvalue weighted by Gasteiger charge is 2.15. The molecule has 2 N–H and O–H groups in total. The van der Waals surface area contributed by atoms with E-state index in [1.54, 1.807) is 36.4 Å². The molecular formula is C16H18ClN3O2S. The molecule has 2 aromatic rings. The van der Waals surface area contributed by atoms with E-state index in [2.05, 4.69) is 5.10 Å². The molecule has 0 aromatic heterocycles. The third-order valence-corrected chi connectivity index (χ3v) is 5.44. The largest absolute Gasteiger partial charge is 0.323 e. The first-order valence-electron chi connectivity index (χ1n) is 6.87. The summed E-state index contributed by atoms with van der Waals surface area (Å²) < 4.78 is 25.0. The van der Waals surface area contributed by atoms with Crippen LogP contribution in [-0.4, -0.2) is 32.5 Å². The molecule has 0 atom stereocenters. The minimum atomic E-state index is -3.28. The van der Waals surface area contributed by atoms with Gasteiger partial charge in [-0.1, -0.05) is 48.0 Å². The summed E-state index contributed by atoms with van der Waals surface area (Å²) in [6.45, 7) is 0. The van der Waals surface area contributed by atoms with Crippen molar-refractivity contribution in [2.24, 2.45) is 10.9 Å². The first-order valence-corrected chi connectivity index (χ1v) is 8.85. The summed E-state index contributed by atoms with van der Waals surface area (Å²) in [5.74, 6) is 5.46. The summed E-state index contributed by atoms with van der Waals surface area (Å²) in [7, 11) is -0.249. The van der Waals surface area contributed by atoms with E-state index in [0.717, 1.165) is 11.1 Å². The fourth-order valence-corrected chi connectivity index (χ4v) is 3.02. The Kier molecular flexibility index (Phi) is 5.41. The molecule has 2 rings (SSSR count). The number of benzene rings is 2. The van der Waals surface area contributed by atoms with Crippen LogP contribution in [0.5, 0.6) is 0 Å². The fraction of sp³-hybridized carbons (Fsp3) is 0.188. The van der Waals surface area contributed by atoms with E-state index in [1.807, 2.05) is 12.1 Å². The second kappa shape index (κ2) is 7.12. The number of nitrogens with two attached hydrogens (primary N) is 1. The Bertz CT molecular complexity index is 798. The Labute approximate surface area is 141 Å². The smallest absolute Gasteiger partial charge is 0.217 e. The van der Waals surface area contributed by atoms with Crippen molar-refractivity contribution in [2.75, 3.05) is 14.1 Å². The van der Waals surface area contributed by atoms with Gasteiger partial charge in [-0.2, -0.15) is 5.10 Å². The predicted octanol–water partition coefficient (Wildman–Crippen LogP) is 2.44. The van der Waals surface area contributed by atoms with Crippen molar-refractivity contribution >= 4 is 27.3 Å². The molecule has 0 radical (unpaired) electrons. The Hall–Kier alpha value is -1.89. The van der Waals surface area contributed by atoms with Crippen LogP contribution in [0.4, 0.5) is 0 Å². The maximum Gasteiger partial charge on any atom is 0.217 e. The maximum atomic E-state index is 11.9. The number of nitrogens with zero attached hydrogens (tertiary/aromatic N) is 2. The molecule has 23 heavy (non-hydrogen) atoms. The van der Waals surface area contributed by atoms with Crippen molar-refractivity contribution in [3.63, 3.8) is 0 Å². The van der Waals surface area contributed by atoms with Crippen LogP contribution in [0.25, 0.3) is 0 Å². The number of hydrazone groups is 1. The number of sulfonamides is 1. The van der Waals surface area contributed by atoms with Crippen LogP contribution in [0.1, 0.15) is 16.7 Å². The molecule has 0 aliphatic heterocycles. The maximum absolute atomic E-state index is 11.9. The van der Waals surface area contributed by atoms with Gasteiger partial charge in [0.2, 0.25) is 10.0 Å². The van der Waals surface area contributed by atoms with E-state index in [4.69, 9.17) is 17.4 Å². The average Bonchev–Trinajstić information content (AvgIpc) is 2.51. The van der Waals surface area contributed by atoms with Crippen LogP contribution in [0.2, 0.25) is 5.02 Å². The van der Waals surface area contributed by atoms with Gasteiger partial charge >= 0.3 is 0 Å². The lowest BCUT2D eigenvalue weighted by Gasteiger charge is -2.12. The number of hydrogen-bond donors (Lipinski definition) is 1. The second-order valence-electron chi connectivity index (χ2n) is 5.22. The Morgan fingerprint density at radius 1 is 1.04 bits per heavy atom. The van der Waals surface area contributed by atoms with Crippen LogP contribution in [-0.2, 0) is 15.8 Å². The molecule has 5 nitrogen and oxygen atoms in total. The minimum Gasteiger partial charge on any atom is -0.323 e. The SMILES string of the molecule is CN(C)S(=O)(=O)Cc1ccc(C(=NN)c2ccc(Cl)cc2)cc1. The van der Waals surface area contributed by atoms with Crippen LogP contribution >= 0.6 is 11.6 Å². The molecular weight excluding hydrogens is 334 g/mol. The molecule has 0 saturated heterocycles. The monoisotopic (exact) mass is 351 g/mol. The van der Waals surface area contributed by atoms with E-state index in [1.165, 1.54) is 18.4 Å². The molecule has 2 aromatic carbocycles. The second-order valence-corrected chi connectivity index (χ2v) is 7.84. The van der Waals surface area contributed by atoms with Gasteiger partial charge in [0.1, 0.15) is 0 Å². The fourth-order valence-electron chi connectivity index (χ4n) is 2.02. The molecule has 0 amide bonds. The van der Waals surface area contributed by atoms with Crippen molar-refractivity contribution in [3.05, 3.63) is 70.2 Å². The lowest BCUT2D eigenvalue weighted by Crippen LogP contribution is -2.23. The first-order chi connectivity index (χ1) is 10.8. The molecule has 0 fully saturated rings. The van der Waals surface area contributed by atoms with Crippen molar-refractivity contribution in [2.45, 2.75) is 5.75 Å². The number of halogens is 1. The van der Waals surface area contributed by atoms with Crippen LogP contribution in [0.15, 0.2) is 53.6 Å². The van der Waals surface area contributed by atoms with Crippen LogP contribution < -0.4 is 5.84 Å². The Balaban J connectivity index is 2.26. The molecule has 0 aliphatic rings. The summed E-state index contributed by atoms with van der Waals surface area (Å²) in [6.07, 6.45) is 0. The zero-order valence-electron chi connectivity index (χ0n) is 12.9. The zero-order valence-corrected chi connectivity index (χ0v) is 14.5. The van der Waals surface area contributed by atoms with E-state index in [-0.39, 0.29) is 5.75 Å². The average molecular weight is 352 g/mol. The third-order valence-electron chi connectivity index (χ3n) is 3.38. The first kappa shape index (κ1) is 17.5. The van der Waals surface area contributed by atoms with Crippen molar-refractivity contribution in [1.82, 2.24) is 4.31 Å². The standard InChI is InChI=1S/C16H18ClN3O2S/c1-20(2)23(21,22)11-12-3-5-13(6-4-12)16(19-18)14-7-9-15(17)10-8-14/h3-10H,11,18H2,1-2H3. The van der Waals surface area contributed by atoms with Crippen molar-refractivity contribution in [3.8, 4) is 0 Å². The van der Waals surface area contributed by atoms with Crippen LogP contribution in [0.3, 0.4) is 0 Å².